The van der Waals surface area contributed by atoms with Gasteiger partial charge in [0.25, 0.3) is 0 Å². The molecule has 2 rings (SSSR count). The Labute approximate surface area is 128 Å². The van der Waals surface area contributed by atoms with Crippen molar-refractivity contribution < 1.29 is 0 Å². The summed E-state index contributed by atoms with van der Waals surface area (Å²) in [5, 5.41) is 3.65. The number of hydrogen-bond donors (Lipinski definition) is 1. The summed E-state index contributed by atoms with van der Waals surface area (Å²) in [7, 11) is 0. The third-order valence-corrected chi connectivity index (χ3v) is 5.19. The highest BCUT2D eigenvalue weighted by Gasteiger charge is 2.11. The summed E-state index contributed by atoms with van der Waals surface area (Å²) in [5.74, 6) is 0. The maximum Gasteiger partial charge on any atom is 0.0578 e. The molecule has 2 aromatic rings. The average Bonchev–Trinajstić information content (AvgIpc) is 2.82. The fourth-order valence-electron chi connectivity index (χ4n) is 2.24. The maximum absolute atomic E-state index is 3.65. The molecule has 0 fully saturated rings. The lowest BCUT2D eigenvalue weighted by molar-refractivity contribution is 0.902. The van der Waals surface area contributed by atoms with Gasteiger partial charge in [0.2, 0.25) is 0 Å². The van der Waals surface area contributed by atoms with Gasteiger partial charge in [-0.2, -0.15) is 0 Å². The van der Waals surface area contributed by atoms with Crippen molar-refractivity contribution in [1.82, 2.24) is 0 Å². The molecule has 0 bridgehead atoms. The van der Waals surface area contributed by atoms with E-state index in [-0.39, 0.29) is 0 Å². The predicted octanol–water partition coefficient (Wildman–Crippen LogP) is 5.86. The monoisotopic (exact) mass is 337 g/mol. The molecule has 1 atom stereocenters. The number of halogens is 1. The van der Waals surface area contributed by atoms with Crippen LogP contribution in [0.15, 0.2) is 28.7 Å². The van der Waals surface area contributed by atoms with Gasteiger partial charge in [-0.3, -0.25) is 0 Å². The van der Waals surface area contributed by atoms with Gasteiger partial charge < -0.3 is 5.32 Å². The Balaban J connectivity index is 2.21. The van der Waals surface area contributed by atoms with Gasteiger partial charge in [0, 0.05) is 19.9 Å². The molecular weight excluding hydrogens is 318 g/mol. The first-order chi connectivity index (χ1) is 9.01. The number of anilines is 1. The minimum atomic E-state index is 0.351. The maximum atomic E-state index is 3.65. The van der Waals surface area contributed by atoms with E-state index in [0.29, 0.717) is 6.04 Å². The minimum Gasteiger partial charge on any atom is -0.377 e. The second kappa shape index (κ2) is 6.10. The SMILES string of the molecule is CCc1ccc(C(C)Nc2c(C)cc(Br)cc2C)s1. The molecule has 1 aromatic carbocycles. The molecule has 1 nitrogen and oxygen atoms in total. The number of rotatable bonds is 4. The van der Waals surface area contributed by atoms with E-state index < -0.39 is 0 Å². The minimum absolute atomic E-state index is 0.351. The Kier molecular flexibility index (Phi) is 4.69. The van der Waals surface area contributed by atoms with E-state index >= 15 is 0 Å². The van der Waals surface area contributed by atoms with Gasteiger partial charge in [-0.1, -0.05) is 22.9 Å². The van der Waals surface area contributed by atoms with Crippen LogP contribution in [-0.4, -0.2) is 0 Å². The first-order valence-corrected chi connectivity index (χ1v) is 8.24. The van der Waals surface area contributed by atoms with Crippen LogP contribution >= 0.6 is 27.3 Å². The molecule has 0 aliphatic carbocycles. The van der Waals surface area contributed by atoms with Crippen LogP contribution < -0.4 is 5.32 Å². The van der Waals surface area contributed by atoms with Gasteiger partial charge in [0.1, 0.15) is 0 Å². The van der Waals surface area contributed by atoms with Gasteiger partial charge in [0.05, 0.1) is 6.04 Å². The summed E-state index contributed by atoms with van der Waals surface area (Å²) >= 11 is 5.45. The number of thiophene rings is 1. The van der Waals surface area contributed by atoms with E-state index in [0.717, 1.165) is 10.9 Å². The van der Waals surface area contributed by atoms with Crippen LogP contribution in [0.3, 0.4) is 0 Å². The number of hydrogen-bond acceptors (Lipinski definition) is 2. The summed E-state index contributed by atoms with van der Waals surface area (Å²) in [6, 6.07) is 9.15. The summed E-state index contributed by atoms with van der Waals surface area (Å²) in [6.45, 7) is 8.74. The van der Waals surface area contributed by atoms with E-state index in [9.17, 15) is 0 Å². The fraction of sp³-hybridized carbons (Fsp3) is 0.375. The number of benzene rings is 1. The first-order valence-electron chi connectivity index (χ1n) is 6.63. The molecule has 1 heterocycles. The van der Waals surface area contributed by atoms with Crippen molar-refractivity contribution in [1.29, 1.82) is 0 Å². The second-order valence-electron chi connectivity index (χ2n) is 4.94. The lowest BCUT2D eigenvalue weighted by atomic mass is 10.1. The van der Waals surface area contributed by atoms with Crippen LogP contribution in [0.4, 0.5) is 5.69 Å². The quantitative estimate of drug-likeness (QED) is 0.736. The van der Waals surface area contributed by atoms with Crippen molar-refractivity contribution >= 4 is 33.0 Å². The molecule has 0 radical (unpaired) electrons. The third kappa shape index (κ3) is 3.40. The normalized spacial score (nSPS) is 12.5. The molecule has 0 saturated carbocycles. The molecule has 0 amide bonds. The van der Waals surface area contributed by atoms with Gasteiger partial charge in [0.15, 0.2) is 0 Å². The Morgan fingerprint density at radius 2 is 1.84 bits per heavy atom. The fourth-order valence-corrected chi connectivity index (χ4v) is 3.88. The van der Waals surface area contributed by atoms with Crippen LogP contribution in [0.25, 0.3) is 0 Å². The molecule has 0 aliphatic rings. The van der Waals surface area contributed by atoms with Crippen molar-refractivity contribution in [3.8, 4) is 0 Å². The summed E-state index contributed by atoms with van der Waals surface area (Å²) < 4.78 is 1.14. The molecule has 19 heavy (non-hydrogen) atoms. The summed E-state index contributed by atoms with van der Waals surface area (Å²) in [5.41, 5.74) is 3.82. The first kappa shape index (κ1) is 14.6. The molecule has 0 aliphatic heterocycles. The van der Waals surface area contributed by atoms with Crippen LogP contribution in [0.1, 0.15) is 40.8 Å². The Bertz CT molecular complexity index is 551. The average molecular weight is 338 g/mol. The summed E-state index contributed by atoms with van der Waals surface area (Å²) in [4.78, 5) is 2.85. The smallest absolute Gasteiger partial charge is 0.0578 e. The molecule has 1 unspecified atom stereocenters. The zero-order chi connectivity index (χ0) is 14.0. The molecular formula is C16H20BrNS. The van der Waals surface area contributed by atoms with Gasteiger partial charge in [-0.25, -0.2) is 0 Å². The van der Waals surface area contributed by atoms with E-state index in [4.69, 9.17) is 0 Å². The van der Waals surface area contributed by atoms with Crippen molar-refractivity contribution in [2.75, 3.05) is 5.32 Å². The van der Waals surface area contributed by atoms with Crippen molar-refractivity contribution in [2.45, 2.75) is 40.2 Å². The van der Waals surface area contributed by atoms with E-state index in [1.165, 1.54) is 26.6 Å². The van der Waals surface area contributed by atoms with Crippen LogP contribution in [0.5, 0.6) is 0 Å². The Hall–Kier alpha value is -0.800. The Morgan fingerprint density at radius 1 is 1.21 bits per heavy atom. The highest BCUT2D eigenvalue weighted by atomic mass is 79.9. The zero-order valence-electron chi connectivity index (χ0n) is 11.9. The lowest BCUT2D eigenvalue weighted by Crippen LogP contribution is -2.07. The van der Waals surface area contributed by atoms with Crippen molar-refractivity contribution in [3.05, 3.63) is 49.6 Å². The van der Waals surface area contributed by atoms with Gasteiger partial charge in [-0.15, -0.1) is 11.3 Å². The van der Waals surface area contributed by atoms with Crippen LogP contribution in [-0.2, 0) is 6.42 Å². The number of nitrogens with one attached hydrogen (secondary N) is 1. The molecule has 102 valence electrons. The van der Waals surface area contributed by atoms with Crippen molar-refractivity contribution in [3.63, 3.8) is 0 Å². The highest BCUT2D eigenvalue weighted by Crippen LogP contribution is 2.31. The largest absolute Gasteiger partial charge is 0.377 e. The molecule has 1 N–H and O–H groups in total. The van der Waals surface area contributed by atoms with Gasteiger partial charge >= 0.3 is 0 Å². The molecule has 0 saturated heterocycles. The van der Waals surface area contributed by atoms with Gasteiger partial charge in [-0.05, 0) is 62.6 Å². The number of aryl methyl sites for hydroxylation is 3. The third-order valence-electron chi connectivity index (χ3n) is 3.32. The lowest BCUT2D eigenvalue weighted by Gasteiger charge is -2.18. The highest BCUT2D eigenvalue weighted by molar-refractivity contribution is 9.10. The summed E-state index contributed by atoms with van der Waals surface area (Å²) in [6.07, 6.45) is 1.12. The standard InChI is InChI=1S/C16H20BrNS/c1-5-14-6-7-15(19-14)12(4)18-16-10(2)8-13(17)9-11(16)3/h6-9,12,18H,5H2,1-4H3. The topological polar surface area (TPSA) is 12.0 Å². The van der Waals surface area contributed by atoms with Crippen LogP contribution in [0.2, 0.25) is 0 Å². The predicted molar refractivity (Wildman–Crippen MR) is 89.4 cm³/mol. The molecule has 1 aromatic heterocycles. The second-order valence-corrected chi connectivity index (χ2v) is 7.05. The molecule has 0 spiro atoms. The van der Waals surface area contributed by atoms with Crippen molar-refractivity contribution in [2.24, 2.45) is 0 Å². The van der Waals surface area contributed by atoms with E-state index in [1.807, 2.05) is 11.3 Å². The van der Waals surface area contributed by atoms with Crippen LogP contribution in [0, 0.1) is 13.8 Å². The van der Waals surface area contributed by atoms with E-state index in [1.54, 1.807) is 0 Å². The zero-order valence-corrected chi connectivity index (χ0v) is 14.3. The van der Waals surface area contributed by atoms with E-state index in [2.05, 4.69) is 73.2 Å². The molecule has 3 heteroatoms. The Morgan fingerprint density at radius 3 is 2.37 bits per heavy atom.